The molecule has 1 saturated heterocycles. The number of benzene rings is 1. The van der Waals surface area contributed by atoms with Gasteiger partial charge in [0.2, 0.25) is 5.91 Å². The molecular formula is C24H29ClN4O3. The number of rotatable bonds is 7. The lowest BCUT2D eigenvalue weighted by atomic mass is 9.74. The number of hydrogen-bond donors (Lipinski definition) is 1. The predicted molar refractivity (Wildman–Crippen MR) is 125 cm³/mol. The molecule has 1 unspecified atom stereocenters. The number of aromatic nitrogens is 1. The molecule has 1 N–H and O–H groups in total. The van der Waals surface area contributed by atoms with E-state index in [1.165, 1.54) is 0 Å². The molecule has 8 heteroatoms. The zero-order valence-electron chi connectivity index (χ0n) is 18.6. The molecule has 2 aliphatic rings. The van der Waals surface area contributed by atoms with Crippen LogP contribution in [0.1, 0.15) is 37.8 Å². The highest BCUT2D eigenvalue weighted by Crippen LogP contribution is 2.47. The Hall–Kier alpha value is -2.64. The van der Waals surface area contributed by atoms with E-state index in [1.54, 1.807) is 13.1 Å². The lowest BCUT2D eigenvalue weighted by Gasteiger charge is -2.35. The van der Waals surface area contributed by atoms with Crippen LogP contribution in [0.25, 0.3) is 0 Å². The second-order valence-electron chi connectivity index (χ2n) is 8.23. The summed E-state index contributed by atoms with van der Waals surface area (Å²) in [5.41, 5.74) is 2.74. The topological polar surface area (TPSA) is 74.8 Å². The summed E-state index contributed by atoms with van der Waals surface area (Å²) in [5, 5.41) is 4.11. The number of carbonyl (C=O) groups is 2. The number of amides is 1. The molecule has 0 radical (unpaired) electrons. The molecule has 1 amide bonds. The van der Waals surface area contributed by atoms with Gasteiger partial charge in [-0.15, -0.1) is 0 Å². The van der Waals surface area contributed by atoms with Crippen LogP contribution in [0.5, 0.6) is 0 Å². The summed E-state index contributed by atoms with van der Waals surface area (Å²) >= 11 is 6.60. The van der Waals surface area contributed by atoms with E-state index in [0.29, 0.717) is 50.8 Å². The average Bonchev–Trinajstić information content (AvgIpc) is 3.19. The molecule has 32 heavy (non-hydrogen) atoms. The fraction of sp³-hybridized carbons (Fsp3) is 0.458. The van der Waals surface area contributed by atoms with Gasteiger partial charge in [-0.25, -0.2) is 4.98 Å². The highest BCUT2D eigenvalue weighted by molar-refractivity contribution is 6.32. The molecule has 1 aromatic heterocycles. The number of pyridine rings is 1. The van der Waals surface area contributed by atoms with Gasteiger partial charge in [0.15, 0.2) is 0 Å². The first kappa shape index (κ1) is 22.6. The number of piperazine rings is 1. The number of carbonyl (C=O) groups excluding carboxylic acids is 2. The maximum atomic E-state index is 12.9. The van der Waals surface area contributed by atoms with Crippen molar-refractivity contribution in [1.82, 2.24) is 9.88 Å². The van der Waals surface area contributed by atoms with Crippen LogP contribution in [0.3, 0.4) is 0 Å². The van der Waals surface area contributed by atoms with E-state index in [0.717, 1.165) is 29.1 Å². The van der Waals surface area contributed by atoms with Crippen molar-refractivity contribution in [2.45, 2.75) is 32.1 Å². The third-order valence-electron chi connectivity index (χ3n) is 6.49. The quantitative estimate of drug-likeness (QED) is 0.643. The van der Waals surface area contributed by atoms with E-state index in [1.807, 2.05) is 28.0 Å². The Labute approximate surface area is 193 Å². The SMILES string of the molecule is CCOC(=O)CCN1CCN(c2cccc(C3(CC)CNc4nccc(Cl)c43)c2)C(=O)C1. The number of fused-ring (bicyclic) bond motifs is 1. The van der Waals surface area contributed by atoms with Gasteiger partial charge in [0.05, 0.1) is 19.6 Å². The largest absolute Gasteiger partial charge is 0.466 e. The number of nitrogens with zero attached hydrogens (tertiary/aromatic N) is 3. The van der Waals surface area contributed by atoms with Crippen LogP contribution in [-0.4, -0.2) is 61.1 Å². The Morgan fingerprint density at radius 3 is 2.88 bits per heavy atom. The van der Waals surface area contributed by atoms with Crippen molar-refractivity contribution in [3.05, 3.63) is 52.7 Å². The van der Waals surface area contributed by atoms with Crippen LogP contribution in [0.15, 0.2) is 36.5 Å². The van der Waals surface area contributed by atoms with Crippen LogP contribution in [-0.2, 0) is 19.7 Å². The fourth-order valence-electron chi connectivity index (χ4n) is 4.74. The van der Waals surface area contributed by atoms with Gasteiger partial charge in [-0.2, -0.15) is 0 Å². The normalized spacial score (nSPS) is 20.7. The molecule has 0 bridgehead atoms. The second kappa shape index (κ2) is 9.46. The molecular weight excluding hydrogens is 428 g/mol. The van der Waals surface area contributed by atoms with Crippen molar-refractivity contribution in [2.75, 3.05) is 49.5 Å². The van der Waals surface area contributed by atoms with E-state index in [4.69, 9.17) is 16.3 Å². The zero-order chi connectivity index (χ0) is 22.7. The van der Waals surface area contributed by atoms with Crippen molar-refractivity contribution < 1.29 is 14.3 Å². The van der Waals surface area contributed by atoms with Crippen molar-refractivity contribution in [2.24, 2.45) is 0 Å². The molecule has 170 valence electrons. The molecule has 0 saturated carbocycles. The van der Waals surface area contributed by atoms with Crippen molar-refractivity contribution in [3.63, 3.8) is 0 Å². The summed E-state index contributed by atoms with van der Waals surface area (Å²) < 4.78 is 4.99. The van der Waals surface area contributed by atoms with Crippen LogP contribution in [0, 0.1) is 0 Å². The lowest BCUT2D eigenvalue weighted by molar-refractivity contribution is -0.143. The number of hydrogen-bond acceptors (Lipinski definition) is 6. The standard InChI is InChI=1S/C24H29ClN4O3/c1-3-24(16-27-23-22(24)19(25)8-10-26-23)17-6-5-7-18(14-17)29-13-12-28(15-20(29)30)11-9-21(31)32-4-2/h5-8,10,14H,3-4,9,11-13,15-16H2,1-2H3,(H,26,27). The van der Waals surface area contributed by atoms with Gasteiger partial charge in [-0.1, -0.05) is 30.7 Å². The minimum Gasteiger partial charge on any atom is -0.466 e. The first-order valence-corrected chi connectivity index (χ1v) is 11.5. The monoisotopic (exact) mass is 456 g/mol. The van der Waals surface area contributed by atoms with Gasteiger partial charge < -0.3 is 15.0 Å². The van der Waals surface area contributed by atoms with Crippen LogP contribution >= 0.6 is 11.6 Å². The Morgan fingerprint density at radius 2 is 2.12 bits per heavy atom. The first-order valence-electron chi connectivity index (χ1n) is 11.2. The summed E-state index contributed by atoms with van der Waals surface area (Å²) in [5.74, 6) is 0.641. The van der Waals surface area contributed by atoms with E-state index < -0.39 is 0 Å². The van der Waals surface area contributed by atoms with Gasteiger partial charge in [0, 0.05) is 54.1 Å². The highest BCUT2D eigenvalue weighted by Gasteiger charge is 2.42. The zero-order valence-corrected chi connectivity index (χ0v) is 19.3. The second-order valence-corrected chi connectivity index (χ2v) is 8.64. The summed E-state index contributed by atoms with van der Waals surface area (Å²) in [7, 11) is 0. The summed E-state index contributed by atoms with van der Waals surface area (Å²) in [6, 6.07) is 10.0. The lowest BCUT2D eigenvalue weighted by Crippen LogP contribution is -2.51. The summed E-state index contributed by atoms with van der Waals surface area (Å²) in [6.45, 7) is 7.17. The van der Waals surface area contributed by atoms with E-state index >= 15 is 0 Å². The van der Waals surface area contributed by atoms with E-state index in [-0.39, 0.29) is 17.3 Å². The maximum Gasteiger partial charge on any atom is 0.307 e. The molecule has 1 aromatic carbocycles. The number of nitrogens with one attached hydrogen (secondary N) is 1. The fourth-order valence-corrected chi connectivity index (χ4v) is 5.07. The molecule has 1 atom stereocenters. The minimum absolute atomic E-state index is 0.0347. The Bertz CT molecular complexity index is 1010. The molecule has 2 aromatic rings. The third-order valence-corrected chi connectivity index (χ3v) is 6.80. The Balaban J connectivity index is 1.52. The molecule has 0 spiro atoms. The summed E-state index contributed by atoms with van der Waals surface area (Å²) in [6.07, 6.45) is 2.88. The number of esters is 1. The van der Waals surface area contributed by atoms with E-state index in [2.05, 4.69) is 29.4 Å². The average molecular weight is 457 g/mol. The van der Waals surface area contributed by atoms with Crippen molar-refractivity contribution >= 4 is 35.0 Å². The van der Waals surface area contributed by atoms with Gasteiger partial charge in [-0.05, 0) is 37.1 Å². The molecule has 7 nitrogen and oxygen atoms in total. The molecule has 3 heterocycles. The molecule has 1 fully saturated rings. The van der Waals surface area contributed by atoms with Crippen LogP contribution in [0.4, 0.5) is 11.5 Å². The van der Waals surface area contributed by atoms with Gasteiger partial charge in [0.25, 0.3) is 0 Å². The van der Waals surface area contributed by atoms with Gasteiger partial charge in [-0.3, -0.25) is 14.5 Å². The Morgan fingerprint density at radius 1 is 1.28 bits per heavy atom. The molecule has 4 rings (SSSR count). The smallest absolute Gasteiger partial charge is 0.307 e. The third kappa shape index (κ3) is 4.19. The highest BCUT2D eigenvalue weighted by atomic mass is 35.5. The number of ether oxygens (including phenoxy) is 1. The summed E-state index contributed by atoms with van der Waals surface area (Å²) in [4.78, 5) is 32.9. The maximum absolute atomic E-state index is 12.9. The first-order chi connectivity index (χ1) is 15.5. The van der Waals surface area contributed by atoms with Gasteiger partial charge >= 0.3 is 5.97 Å². The van der Waals surface area contributed by atoms with Crippen LogP contribution < -0.4 is 10.2 Å². The molecule has 0 aliphatic carbocycles. The Kier molecular flexibility index (Phi) is 6.67. The minimum atomic E-state index is -0.290. The van der Waals surface area contributed by atoms with Crippen LogP contribution in [0.2, 0.25) is 5.02 Å². The van der Waals surface area contributed by atoms with Crippen molar-refractivity contribution in [3.8, 4) is 0 Å². The molecule has 2 aliphatic heterocycles. The number of anilines is 2. The predicted octanol–water partition coefficient (Wildman–Crippen LogP) is 3.46. The van der Waals surface area contributed by atoms with E-state index in [9.17, 15) is 9.59 Å². The van der Waals surface area contributed by atoms with Crippen molar-refractivity contribution in [1.29, 1.82) is 0 Å². The number of halogens is 1. The van der Waals surface area contributed by atoms with Gasteiger partial charge in [0.1, 0.15) is 5.82 Å².